The molecule has 0 aliphatic carbocycles. The zero-order valence-electron chi connectivity index (χ0n) is 12.0. The highest BCUT2D eigenvalue weighted by Gasteiger charge is 2.31. The Bertz CT molecular complexity index is 610. The Balaban J connectivity index is 1.79. The Hall–Kier alpha value is -2.36. The lowest BCUT2D eigenvalue weighted by Crippen LogP contribution is -2.27. The predicted octanol–water partition coefficient (Wildman–Crippen LogP) is 2.95. The molecule has 0 N–H and O–H groups in total. The lowest BCUT2D eigenvalue weighted by atomic mass is 10.1. The number of carbonyl (C=O) groups excluding carboxylic acids is 1. The Labute approximate surface area is 124 Å². The van der Waals surface area contributed by atoms with Gasteiger partial charge in [0.2, 0.25) is 5.91 Å². The number of amides is 1. The van der Waals surface area contributed by atoms with Gasteiger partial charge in [0.05, 0.1) is 13.2 Å². The number of likely N-dealkylation sites (tertiary alicyclic amines) is 1. The Kier molecular flexibility index (Phi) is 3.86. The molecule has 3 rings (SSSR count). The molecule has 1 aliphatic rings. The highest BCUT2D eigenvalue weighted by Crippen LogP contribution is 2.33. The molecule has 108 valence electrons. The molecule has 0 bridgehead atoms. The standard InChI is InChI=1S/C17H18N2O2/c1-21-15-6-4-13(5-7-15)12-19-16(8-9-17(19)20)14-3-2-10-18-11-14/h2-7,10-11,16H,8-9,12H2,1H3/t16-/m1/s1. The summed E-state index contributed by atoms with van der Waals surface area (Å²) in [7, 11) is 1.65. The van der Waals surface area contributed by atoms with E-state index in [2.05, 4.69) is 4.98 Å². The lowest BCUT2D eigenvalue weighted by molar-refractivity contribution is -0.129. The largest absolute Gasteiger partial charge is 0.497 e. The van der Waals surface area contributed by atoms with Gasteiger partial charge >= 0.3 is 0 Å². The van der Waals surface area contributed by atoms with Crippen LogP contribution in [0.3, 0.4) is 0 Å². The Morgan fingerprint density at radius 3 is 2.76 bits per heavy atom. The Morgan fingerprint density at radius 1 is 1.29 bits per heavy atom. The third kappa shape index (κ3) is 2.89. The zero-order chi connectivity index (χ0) is 14.7. The zero-order valence-corrected chi connectivity index (χ0v) is 12.0. The average molecular weight is 282 g/mol. The van der Waals surface area contributed by atoms with Crippen LogP contribution in [0.5, 0.6) is 5.75 Å². The second-order valence-electron chi connectivity index (χ2n) is 5.21. The molecule has 2 heterocycles. The molecule has 1 aromatic carbocycles. The molecular weight excluding hydrogens is 264 g/mol. The fourth-order valence-corrected chi connectivity index (χ4v) is 2.78. The van der Waals surface area contributed by atoms with E-state index in [9.17, 15) is 4.79 Å². The summed E-state index contributed by atoms with van der Waals surface area (Å²) in [5, 5.41) is 0. The summed E-state index contributed by atoms with van der Waals surface area (Å²) in [5.41, 5.74) is 2.22. The predicted molar refractivity (Wildman–Crippen MR) is 79.8 cm³/mol. The van der Waals surface area contributed by atoms with Crippen molar-refractivity contribution in [3.8, 4) is 5.75 Å². The topological polar surface area (TPSA) is 42.4 Å². The molecule has 1 fully saturated rings. The maximum absolute atomic E-state index is 12.2. The van der Waals surface area contributed by atoms with Gasteiger partial charge in [0.1, 0.15) is 5.75 Å². The molecule has 1 atom stereocenters. The third-order valence-corrected chi connectivity index (χ3v) is 3.91. The van der Waals surface area contributed by atoms with Crippen molar-refractivity contribution < 1.29 is 9.53 Å². The SMILES string of the molecule is COc1ccc(CN2C(=O)CC[C@@H]2c2cccnc2)cc1. The number of benzene rings is 1. The number of nitrogens with zero attached hydrogens (tertiary/aromatic N) is 2. The summed E-state index contributed by atoms with van der Waals surface area (Å²) in [6, 6.07) is 12.0. The summed E-state index contributed by atoms with van der Waals surface area (Å²) < 4.78 is 5.16. The maximum Gasteiger partial charge on any atom is 0.223 e. The van der Waals surface area contributed by atoms with Gasteiger partial charge in [-0.3, -0.25) is 9.78 Å². The van der Waals surface area contributed by atoms with Crippen molar-refractivity contribution in [1.82, 2.24) is 9.88 Å². The van der Waals surface area contributed by atoms with E-state index in [1.165, 1.54) is 0 Å². The first-order chi connectivity index (χ1) is 10.3. The van der Waals surface area contributed by atoms with Crippen molar-refractivity contribution in [1.29, 1.82) is 0 Å². The van der Waals surface area contributed by atoms with Crippen molar-refractivity contribution in [2.45, 2.75) is 25.4 Å². The first kappa shape index (κ1) is 13.6. The summed E-state index contributed by atoms with van der Waals surface area (Å²) in [4.78, 5) is 18.3. The smallest absolute Gasteiger partial charge is 0.223 e. The lowest BCUT2D eigenvalue weighted by Gasteiger charge is -2.25. The van der Waals surface area contributed by atoms with Gasteiger partial charge in [0, 0.05) is 25.4 Å². The van der Waals surface area contributed by atoms with Crippen LogP contribution in [0.2, 0.25) is 0 Å². The average Bonchev–Trinajstić information content (AvgIpc) is 2.90. The van der Waals surface area contributed by atoms with Crippen LogP contribution in [0.1, 0.15) is 30.0 Å². The second-order valence-corrected chi connectivity index (χ2v) is 5.21. The molecule has 1 aliphatic heterocycles. The van der Waals surface area contributed by atoms with Crippen LogP contribution in [0, 0.1) is 0 Å². The maximum atomic E-state index is 12.2. The van der Waals surface area contributed by atoms with E-state index in [-0.39, 0.29) is 11.9 Å². The van der Waals surface area contributed by atoms with E-state index in [0.717, 1.165) is 23.3 Å². The van der Waals surface area contributed by atoms with E-state index < -0.39 is 0 Å². The van der Waals surface area contributed by atoms with Crippen molar-refractivity contribution in [3.05, 3.63) is 59.9 Å². The van der Waals surface area contributed by atoms with Crippen LogP contribution in [-0.4, -0.2) is 22.9 Å². The second kappa shape index (κ2) is 5.95. The van der Waals surface area contributed by atoms with Crippen molar-refractivity contribution in [3.63, 3.8) is 0 Å². The van der Waals surface area contributed by atoms with Gasteiger partial charge in [-0.2, -0.15) is 0 Å². The number of hydrogen-bond acceptors (Lipinski definition) is 3. The number of ether oxygens (including phenoxy) is 1. The summed E-state index contributed by atoms with van der Waals surface area (Å²) in [6.07, 6.45) is 5.08. The summed E-state index contributed by atoms with van der Waals surface area (Å²) >= 11 is 0. The number of methoxy groups -OCH3 is 1. The molecule has 1 amide bonds. The number of hydrogen-bond donors (Lipinski definition) is 0. The molecule has 0 radical (unpaired) electrons. The first-order valence-corrected chi connectivity index (χ1v) is 7.10. The fraction of sp³-hybridized carbons (Fsp3) is 0.294. The van der Waals surface area contributed by atoms with Gasteiger partial charge in [-0.05, 0) is 35.7 Å². The molecule has 21 heavy (non-hydrogen) atoms. The quantitative estimate of drug-likeness (QED) is 0.866. The number of rotatable bonds is 4. The van der Waals surface area contributed by atoms with E-state index in [4.69, 9.17) is 4.74 Å². The van der Waals surface area contributed by atoms with Gasteiger partial charge in [0.15, 0.2) is 0 Å². The van der Waals surface area contributed by atoms with Crippen molar-refractivity contribution in [2.24, 2.45) is 0 Å². The van der Waals surface area contributed by atoms with Crippen molar-refractivity contribution in [2.75, 3.05) is 7.11 Å². The molecule has 1 saturated heterocycles. The minimum atomic E-state index is 0.133. The molecule has 0 saturated carbocycles. The van der Waals surface area contributed by atoms with E-state index in [1.54, 1.807) is 13.3 Å². The van der Waals surface area contributed by atoms with Crippen molar-refractivity contribution >= 4 is 5.91 Å². The van der Waals surface area contributed by atoms with E-state index in [1.807, 2.05) is 47.5 Å². The minimum absolute atomic E-state index is 0.133. The number of pyridine rings is 1. The molecular formula is C17H18N2O2. The van der Waals surface area contributed by atoms with Crippen LogP contribution in [0.15, 0.2) is 48.8 Å². The minimum Gasteiger partial charge on any atom is -0.497 e. The molecule has 0 unspecified atom stereocenters. The molecule has 4 nitrogen and oxygen atoms in total. The monoisotopic (exact) mass is 282 g/mol. The van der Waals surface area contributed by atoms with Crippen LogP contribution in [-0.2, 0) is 11.3 Å². The summed E-state index contributed by atoms with van der Waals surface area (Å²) in [5.74, 6) is 1.04. The van der Waals surface area contributed by atoms with Crippen LogP contribution < -0.4 is 4.74 Å². The molecule has 1 aromatic heterocycles. The van der Waals surface area contributed by atoms with Gasteiger partial charge in [-0.1, -0.05) is 18.2 Å². The molecule has 4 heteroatoms. The molecule has 0 spiro atoms. The van der Waals surface area contributed by atoms with Gasteiger partial charge in [0.25, 0.3) is 0 Å². The van der Waals surface area contributed by atoms with Crippen LogP contribution in [0.25, 0.3) is 0 Å². The van der Waals surface area contributed by atoms with Gasteiger partial charge < -0.3 is 9.64 Å². The van der Waals surface area contributed by atoms with E-state index >= 15 is 0 Å². The van der Waals surface area contributed by atoms with Gasteiger partial charge in [-0.15, -0.1) is 0 Å². The highest BCUT2D eigenvalue weighted by molar-refractivity contribution is 5.79. The third-order valence-electron chi connectivity index (χ3n) is 3.91. The number of carbonyl (C=O) groups is 1. The van der Waals surface area contributed by atoms with Gasteiger partial charge in [-0.25, -0.2) is 0 Å². The Morgan fingerprint density at radius 2 is 2.10 bits per heavy atom. The van der Waals surface area contributed by atoms with Crippen LogP contribution >= 0.6 is 0 Å². The van der Waals surface area contributed by atoms with E-state index in [0.29, 0.717) is 13.0 Å². The summed E-state index contributed by atoms with van der Waals surface area (Å²) in [6.45, 7) is 0.627. The fourth-order valence-electron chi connectivity index (χ4n) is 2.78. The van der Waals surface area contributed by atoms with Crippen LogP contribution in [0.4, 0.5) is 0 Å². The molecule has 2 aromatic rings. The normalized spacial score (nSPS) is 18.0. The highest BCUT2D eigenvalue weighted by atomic mass is 16.5. The number of aromatic nitrogens is 1. The first-order valence-electron chi connectivity index (χ1n) is 7.10.